The lowest BCUT2D eigenvalue weighted by molar-refractivity contribution is 0.0435. The van der Waals surface area contributed by atoms with Crippen LogP contribution in [0.1, 0.15) is 19.3 Å². The molecular formula is C8H13IO2. The first kappa shape index (κ1) is 8.26. The largest absolute Gasteiger partial charge is 0.393 e. The first-order valence-corrected chi connectivity index (χ1v) is 5.45. The van der Waals surface area contributed by atoms with Gasteiger partial charge in [0.2, 0.25) is 0 Å². The molecule has 0 aromatic carbocycles. The van der Waals surface area contributed by atoms with Crippen molar-refractivity contribution in [2.45, 2.75) is 35.4 Å². The summed E-state index contributed by atoms with van der Waals surface area (Å²) >= 11 is 2.29. The lowest BCUT2D eigenvalue weighted by atomic mass is 9.98. The Morgan fingerprint density at radius 1 is 1.18 bits per heavy atom. The van der Waals surface area contributed by atoms with Crippen LogP contribution in [-0.2, 0) is 0 Å². The molecular weight excluding hydrogens is 255 g/mol. The van der Waals surface area contributed by atoms with E-state index in [1.807, 2.05) is 0 Å². The van der Waals surface area contributed by atoms with E-state index in [9.17, 15) is 10.2 Å². The molecule has 0 unspecified atom stereocenters. The van der Waals surface area contributed by atoms with Gasteiger partial charge in [0.15, 0.2) is 0 Å². The van der Waals surface area contributed by atoms with Gasteiger partial charge in [-0.05, 0) is 25.2 Å². The lowest BCUT2D eigenvalue weighted by Crippen LogP contribution is -2.29. The van der Waals surface area contributed by atoms with Gasteiger partial charge in [-0.15, -0.1) is 0 Å². The fourth-order valence-corrected chi connectivity index (χ4v) is 3.67. The molecule has 2 rings (SSSR count). The molecule has 2 fully saturated rings. The van der Waals surface area contributed by atoms with Gasteiger partial charge in [0.05, 0.1) is 12.2 Å². The topological polar surface area (TPSA) is 40.5 Å². The number of rotatable bonds is 0. The lowest BCUT2D eigenvalue weighted by Gasteiger charge is -2.18. The van der Waals surface area contributed by atoms with Crippen LogP contribution < -0.4 is 0 Å². The monoisotopic (exact) mass is 268 g/mol. The van der Waals surface area contributed by atoms with Gasteiger partial charge in [-0.3, -0.25) is 0 Å². The fourth-order valence-electron chi connectivity index (χ4n) is 2.54. The van der Waals surface area contributed by atoms with E-state index < -0.39 is 0 Å². The maximum atomic E-state index is 9.67. The van der Waals surface area contributed by atoms with E-state index >= 15 is 0 Å². The number of fused-ring (bicyclic) bond motifs is 1. The summed E-state index contributed by atoms with van der Waals surface area (Å²) in [6.45, 7) is 0. The Hall–Kier alpha value is 0.650. The zero-order chi connectivity index (χ0) is 8.01. The summed E-state index contributed by atoms with van der Waals surface area (Å²) in [5, 5.41) is 19.2. The highest BCUT2D eigenvalue weighted by atomic mass is 127. The second kappa shape index (κ2) is 2.85. The smallest absolute Gasteiger partial charge is 0.0713 e. The predicted octanol–water partition coefficient (Wildman–Crippen LogP) is 0.942. The van der Waals surface area contributed by atoms with Crippen LogP contribution >= 0.6 is 22.6 Å². The maximum Gasteiger partial charge on any atom is 0.0713 e. The minimum Gasteiger partial charge on any atom is -0.393 e. The van der Waals surface area contributed by atoms with Crippen molar-refractivity contribution in [3.05, 3.63) is 0 Å². The summed E-state index contributed by atoms with van der Waals surface area (Å²) in [4.78, 5) is 0. The van der Waals surface area contributed by atoms with E-state index in [0.717, 1.165) is 19.3 Å². The standard InChI is InChI=1S/C8H13IO2/c9-5-3-4-1-2-6(10)7(4)8(5)11/h4-8,10-11H,1-3H2/t4-,5-,6-,7+,8+/m1/s1. The van der Waals surface area contributed by atoms with E-state index in [1.165, 1.54) is 0 Å². The van der Waals surface area contributed by atoms with Crippen molar-refractivity contribution < 1.29 is 10.2 Å². The minimum absolute atomic E-state index is 0.192. The molecule has 0 bridgehead atoms. The molecule has 2 nitrogen and oxygen atoms in total. The zero-order valence-corrected chi connectivity index (χ0v) is 8.44. The van der Waals surface area contributed by atoms with Crippen LogP contribution in [0.3, 0.4) is 0 Å². The molecule has 0 aromatic rings. The van der Waals surface area contributed by atoms with Crippen LogP contribution in [0.25, 0.3) is 0 Å². The molecule has 0 heterocycles. The summed E-state index contributed by atoms with van der Waals surface area (Å²) in [6, 6.07) is 0. The van der Waals surface area contributed by atoms with Crippen molar-refractivity contribution >= 4 is 22.6 Å². The van der Waals surface area contributed by atoms with Crippen LogP contribution in [0, 0.1) is 11.8 Å². The molecule has 0 spiro atoms. The third-order valence-electron chi connectivity index (χ3n) is 3.11. The van der Waals surface area contributed by atoms with E-state index in [4.69, 9.17) is 0 Å². The van der Waals surface area contributed by atoms with Gasteiger partial charge in [0.25, 0.3) is 0 Å². The third kappa shape index (κ3) is 1.21. The van der Waals surface area contributed by atoms with Gasteiger partial charge in [0, 0.05) is 9.84 Å². The van der Waals surface area contributed by atoms with Crippen molar-refractivity contribution in [3.63, 3.8) is 0 Å². The summed E-state index contributed by atoms with van der Waals surface area (Å²) < 4.78 is 0.373. The normalized spacial score (nSPS) is 56.5. The molecule has 0 radical (unpaired) electrons. The summed E-state index contributed by atoms with van der Waals surface area (Å²) in [7, 11) is 0. The van der Waals surface area contributed by atoms with Crippen LogP contribution in [0.4, 0.5) is 0 Å². The van der Waals surface area contributed by atoms with E-state index in [2.05, 4.69) is 22.6 Å². The molecule has 2 saturated carbocycles. The van der Waals surface area contributed by atoms with Gasteiger partial charge in [-0.2, -0.15) is 0 Å². The zero-order valence-electron chi connectivity index (χ0n) is 6.28. The fraction of sp³-hybridized carbons (Fsp3) is 1.00. The second-order valence-electron chi connectivity index (χ2n) is 3.72. The molecule has 0 saturated heterocycles. The first-order chi connectivity index (χ1) is 5.20. The first-order valence-electron chi connectivity index (χ1n) is 4.20. The number of aliphatic hydroxyl groups excluding tert-OH is 2. The summed E-state index contributed by atoms with van der Waals surface area (Å²) in [5.74, 6) is 0.791. The Labute approximate surface area is 80.1 Å². The van der Waals surface area contributed by atoms with Crippen molar-refractivity contribution in [2.75, 3.05) is 0 Å². The Morgan fingerprint density at radius 3 is 2.55 bits per heavy atom. The Bertz CT molecular complexity index is 160. The van der Waals surface area contributed by atoms with E-state index in [-0.39, 0.29) is 18.1 Å². The molecule has 3 heteroatoms. The number of hydrogen-bond acceptors (Lipinski definition) is 2. The maximum absolute atomic E-state index is 9.67. The highest BCUT2D eigenvalue weighted by Gasteiger charge is 2.48. The van der Waals surface area contributed by atoms with Crippen LogP contribution in [0.5, 0.6) is 0 Å². The number of halogens is 1. The Morgan fingerprint density at radius 2 is 1.91 bits per heavy atom. The molecule has 11 heavy (non-hydrogen) atoms. The van der Waals surface area contributed by atoms with Crippen molar-refractivity contribution in [3.8, 4) is 0 Å². The molecule has 5 atom stereocenters. The van der Waals surface area contributed by atoms with Crippen LogP contribution in [0.15, 0.2) is 0 Å². The summed E-state index contributed by atoms with van der Waals surface area (Å²) in [5.41, 5.74) is 0. The average molecular weight is 268 g/mol. The molecule has 2 aliphatic carbocycles. The SMILES string of the molecule is O[C@@H]1[C@H]2[C@H](CC[C@H]2O)C[C@H]1I. The van der Waals surface area contributed by atoms with Gasteiger partial charge < -0.3 is 10.2 Å². The molecule has 0 aliphatic heterocycles. The molecule has 2 aliphatic rings. The van der Waals surface area contributed by atoms with Crippen molar-refractivity contribution in [2.24, 2.45) is 11.8 Å². The molecule has 2 N–H and O–H groups in total. The van der Waals surface area contributed by atoms with Crippen LogP contribution in [0.2, 0.25) is 0 Å². The Kier molecular flexibility index (Phi) is 2.14. The number of aliphatic hydroxyl groups is 2. The average Bonchev–Trinajstić information content (AvgIpc) is 2.41. The second-order valence-corrected chi connectivity index (χ2v) is 5.32. The molecule has 64 valence electrons. The molecule has 0 amide bonds. The highest BCUT2D eigenvalue weighted by Crippen LogP contribution is 2.46. The quantitative estimate of drug-likeness (QED) is 0.507. The predicted molar refractivity (Wildman–Crippen MR) is 50.7 cm³/mol. The van der Waals surface area contributed by atoms with Crippen molar-refractivity contribution in [1.29, 1.82) is 0 Å². The summed E-state index contributed by atoms with van der Waals surface area (Å²) in [6.07, 6.45) is 2.63. The minimum atomic E-state index is -0.252. The molecule has 0 aromatic heterocycles. The highest BCUT2D eigenvalue weighted by molar-refractivity contribution is 14.1. The van der Waals surface area contributed by atoms with Crippen LogP contribution in [-0.4, -0.2) is 26.3 Å². The van der Waals surface area contributed by atoms with E-state index in [0.29, 0.717) is 9.84 Å². The Balaban J connectivity index is 2.13. The number of alkyl halides is 1. The van der Waals surface area contributed by atoms with E-state index in [1.54, 1.807) is 0 Å². The van der Waals surface area contributed by atoms with Gasteiger partial charge >= 0.3 is 0 Å². The van der Waals surface area contributed by atoms with Gasteiger partial charge in [-0.25, -0.2) is 0 Å². The number of hydrogen-bond donors (Lipinski definition) is 2. The van der Waals surface area contributed by atoms with Gasteiger partial charge in [0.1, 0.15) is 0 Å². The van der Waals surface area contributed by atoms with Crippen molar-refractivity contribution in [1.82, 2.24) is 0 Å². The van der Waals surface area contributed by atoms with Gasteiger partial charge in [-0.1, -0.05) is 22.6 Å². The third-order valence-corrected chi connectivity index (χ3v) is 4.36.